The number of allylic oxidation sites excluding steroid dienone is 2. The summed E-state index contributed by atoms with van der Waals surface area (Å²) in [6, 6.07) is 25.9. The Labute approximate surface area is 184 Å². The number of nitrogens with zero attached hydrogens (tertiary/aromatic N) is 1. The van der Waals surface area contributed by atoms with Crippen LogP contribution >= 0.6 is 0 Å². The molecule has 5 rings (SSSR count). The van der Waals surface area contributed by atoms with Crippen LogP contribution in [-0.2, 0) is 16.6 Å². The Bertz CT molecular complexity index is 1210. The van der Waals surface area contributed by atoms with Crippen LogP contribution in [0.4, 0.5) is 5.69 Å². The van der Waals surface area contributed by atoms with Gasteiger partial charge in [0.15, 0.2) is 0 Å². The van der Waals surface area contributed by atoms with Gasteiger partial charge in [-0.3, -0.25) is 0 Å². The Kier molecular flexibility index (Phi) is 5.16. The molecule has 31 heavy (non-hydrogen) atoms. The van der Waals surface area contributed by atoms with Crippen molar-refractivity contribution in [1.29, 1.82) is 0 Å². The van der Waals surface area contributed by atoms with Gasteiger partial charge in [0, 0.05) is 25.2 Å². The first-order valence-electron chi connectivity index (χ1n) is 10.7. The van der Waals surface area contributed by atoms with Crippen molar-refractivity contribution in [3.63, 3.8) is 0 Å². The van der Waals surface area contributed by atoms with Crippen molar-refractivity contribution in [2.24, 2.45) is 5.92 Å². The number of sulfonamides is 1. The average molecular weight is 431 g/mol. The smallest absolute Gasteiger partial charge is 0.243 e. The van der Waals surface area contributed by atoms with Crippen molar-refractivity contribution >= 4 is 15.7 Å². The van der Waals surface area contributed by atoms with Crippen LogP contribution in [0.15, 0.2) is 95.9 Å². The van der Waals surface area contributed by atoms with Crippen LogP contribution in [0, 0.1) is 5.92 Å². The molecule has 4 nitrogen and oxygen atoms in total. The second kappa shape index (κ2) is 7.98. The average Bonchev–Trinajstić information content (AvgIpc) is 3.30. The number of benzene rings is 3. The largest absolute Gasteiger partial charge is 0.378 e. The maximum Gasteiger partial charge on any atom is 0.243 e. The van der Waals surface area contributed by atoms with Gasteiger partial charge in [-0.05, 0) is 47.2 Å². The lowest BCUT2D eigenvalue weighted by atomic mass is 9.77. The molecular weight excluding hydrogens is 404 g/mol. The molecule has 0 saturated carbocycles. The number of fused-ring (bicyclic) bond motifs is 3. The lowest BCUT2D eigenvalue weighted by Crippen LogP contribution is -2.30. The molecule has 0 fully saturated rings. The lowest BCUT2D eigenvalue weighted by molar-refractivity contribution is 0.424. The maximum absolute atomic E-state index is 13.3. The molecule has 0 amide bonds. The first-order chi connectivity index (χ1) is 15.0. The summed E-state index contributed by atoms with van der Waals surface area (Å²) in [7, 11) is -1.94. The minimum Gasteiger partial charge on any atom is -0.378 e. The SMILES string of the molecule is CN(Cc1ccccc1)S(=O)(=O)c1ccc2c(c1)C1C=CCC1C(c1ccccc1)N2. The third-order valence-corrected chi connectivity index (χ3v) is 8.25. The van der Waals surface area contributed by atoms with Crippen molar-refractivity contribution in [3.05, 3.63) is 108 Å². The van der Waals surface area contributed by atoms with Crippen molar-refractivity contribution in [2.75, 3.05) is 12.4 Å². The molecule has 0 saturated heterocycles. The Balaban J connectivity index is 1.47. The van der Waals surface area contributed by atoms with Crippen LogP contribution in [0.3, 0.4) is 0 Å². The van der Waals surface area contributed by atoms with Gasteiger partial charge in [0.05, 0.1) is 10.9 Å². The molecule has 1 N–H and O–H groups in total. The highest BCUT2D eigenvalue weighted by Gasteiger charge is 2.38. The minimum atomic E-state index is -3.58. The maximum atomic E-state index is 13.3. The summed E-state index contributed by atoms with van der Waals surface area (Å²) in [6.07, 6.45) is 5.46. The third kappa shape index (κ3) is 3.68. The zero-order chi connectivity index (χ0) is 21.4. The van der Waals surface area contributed by atoms with E-state index in [9.17, 15) is 8.42 Å². The lowest BCUT2D eigenvalue weighted by Gasteiger charge is -2.37. The van der Waals surface area contributed by atoms with Crippen molar-refractivity contribution in [1.82, 2.24) is 4.31 Å². The topological polar surface area (TPSA) is 49.4 Å². The standard InChI is InChI=1S/C26H26N2O2S/c1-28(18-19-9-4-2-5-10-19)31(29,30)21-15-16-25-24(17-21)22-13-8-14-23(22)26(27-25)20-11-6-3-7-12-20/h2-13,15-17,22-23,26-27H,14,18H2,1H3. The van der Waals surface area contributed by atoms with Crippen LogP contribution in [0.25, 0.3) is 0 Å². The van der Waals surface area contributed by atoms with E-state index in [-0.39, 0.29) is 12.0 Å². The Hall–Kier alpha value is -2.89. The highest BCUT2D eigenvalue weighted by Crippen LogP contribution is 2.50. The normalized spacial score (nSPS) is 22.1. The van der Waals surface area contributed by atoms with Crippen LogP contribution < -0.4 is 5.32 Å². The molecule has 1 aliphatic carbocycles. The molecule has 0 radical (unpaired) electrons. The number of rotatable bonds is 5. The second-order valence-corrected chi connectivity index (χ2v) is 10.4. The van der Waals surface area contributed by atoms with E-state index in [0.29, 0.717) is 17.4 Å². The zero-order valence-electron chi connectivity index (χ0n) is 17.5. The minimum absolute atomic E-state index is 0.219. The third-order valence-electron chi connectivity index (χ3n) is 6.45. The number of hydrogen-bond donors (Lipinski definition) is 1. The van der Waals surface area contributed by atoms with Crippen LogP contribution in [0.5, 0.6) is 0 Å². The van der Waals surface area contributed by atoms with Gasteiger partial charge in [0.25, 0.3) is 0 Å². The van der Waals surface area contributed by atoms with Crippen LogP contribution in [0.2, 0.25) is 0 Å². The van der Waals surface area contributed by atoms with E-state index in [1.165, 1.54) is 9.87 Å². The summed E-state index contributed by atoms with van der Waals surface area (Å²) in [5.41, 5.74) is 4.33. The first-order valence-corrected chi connectivity index (χ1v) is 12.1. The van der Waals surface area contributed by atoms with E-state index >= 15 is 0 Å². The summed E-state index contributed by atoms with van der Waals surface area (Å²) < 4.78 is 28.0. The molecule has 1 heterocycles. The highest BCUT2D eigenvalue weighted by molar-refractivity contribution is 7.89. The molecule has 3 aromatic rings. The van der Waals surface area contributed by atoms with Gasteiger partial charge >= 0.3 is 0 Å². The fourth-order valence-electron chi connectivity index (χ4n) is 4.83. The molecule has 158 valence electrons. The van der Waals surface area contributed by atoms with E-state index in [0.717, 1.165) is 23.2 Å². The fourth-order valence-corrected chi connectivity index (χ4v) is 6.02. The Morgan fingerprint density at radius 2 is 1.68 bits per heavy atom. The molecule has 0 bridgehead atoms. The molecule has 1 aliphatic heterocycles. The van der Waals surface area contributed by atoms with E-state index in [4.69, 9.17) is 0 Å². The van der Waals surface area contributed by atoms with Crippen molar-refractivity contribution in [3.8, 4) is 0 Å². The Morgan fingerprint density at radius 1 is 0.968 bits per heavy atom. The van der Waals surface area contributed by atoms with Gasteiger partial charge in [-0.15, -0.1) is 0 Å². The molecular formula is C26H26N2O2S. The van der Waals surface area contributed by atoms with E-state index in [1.54, 1.807) is 13.1 Å². The second-order valence-electron chi connectivity index (χ2n) is 8.38. The van der Waals surface area contributed by atoms with Gasteiger partial charge in [0.2, 0.25) is 10.0 Å². The van der Waals surface area contributed by atoms with Gasteiger partial charge < -0.3 is 5.32 Å². The number of anilines is 1. The Morgan fingerprint density at radius 3 is 2.42 bits per heavy atom. The molecule has 5 heteroatoms. The first kappa shape index (κ1) is 20.0. The van der Waals surface area contributed by atoms with Crippen LogP contribution in [-0.4, -0.2) is 19.8 Å². The number of nitrogens with one attached hydrogen (secondary N) is 1. The summed E-state index contributed by atoms with van der Waals surface area (Å²) in [5.74, 6) is 0.603. The molecule has 3 aromatic carbocycles. The predicted molar refractivity (Wildman–Crippen MR) is 124 cm³/mol. The molecule has 0 aromatic heterocycles. The van der Waals surface area contributed by atoms with Gasteiger partial charge in [-0.1, -0.05) is 72.8 Å². The monoisotopic (exact) mass is 430 g/mol. The summed E-state index contributed by atoms with van der Waals surface area (Å²) in [5, 5.41) is 3.68. The summed E-state index contributed by atoms with van der Waals surface area (Å²) >= 11 is 0. The summed E-state index contributed by atoms with van der Waals surface area (Å²) in [6.45, 7) is 0.348. The molecule has 0 spiro atoms. The van der Waals surface area contributed by atoms with Crippen molar-refractivity contribution < 1.29 is 8.42 Å². The van der Waals surface area contributed by atoms with E-state index in [2.05, 4.69) is 41.7 Å². The van der Waals surface area contributed by atoms with Gasteiger partial charge in [-0.2, -0.15) is 4.31 Å². The summed E-state index contributed by atoms with van der Waals surface area (Å²) in [4.78, 5) is 0.351. The van der Waals surface area contributed by atoms with Crippen LogP contribution in [0.1, 0.15) is 35.1 Å². The van der Waals surface area contributed by atoms with Crippen molar-refractivity contribution in [2.45, 2.75) is 29.8 Å². The predicted octanol–water partition coefficient (Wildman–Crippen LogP) is 5.33. The fraction of sp³-hybridized carbons (Fsp3) is 0.231. The number of hydrogen-bond acceptors (Lipinski definition) is 3. The zero-order valence-corrected chi connectivity index (χ0v) is 18.3. The quantitative estimate of drug-likeness (QED) is 0.556. The van der Waals surface area contributed by atoms with Gasteiger partial charge in [-0.25, -0.2) is 8.42 Å². The molecule has 2 aliphatic rings. The van der Waals surface area contributed by atoms with E-state index < -0.39 is 10.0 Å². The highest BCUT2D eigenvalue weighted by atomic mass is 32.2. The van der Waals surface area contributed by atoms with E-state index in [1.807, 2.05) is 48.5 Å². The van der Waals surface area contributed by atoms with Gasteiger partial charge in [0.1, 0.15) is 0 Å². The molecule has 3 unspecified atom stereocenters. The molecule has 3 atom stereocenters.